The Kier molecular flexibility index (Phi) is 3.71. The lowest BCUT2D eigenvalue weighted by Crippen LogP contribution is -2.39. The van der Waals surface area contributed by atoms with Gasteiger partial charge < -0.3 is 10.3 Å². The summed E-state index contributed by atoms with van der Waals surface area (Å²) in [5, 5.41) is 5.01. The smallest absolute Gasteiger partial charge is 0.258 e. The van der Waals surface area contributed by atoms with E-state index in [0.717, 1.165) is 31.2 Å². The molecule has 20 heavy (non-hydrogen) atoms. The number of rotatable bonds is 2. The van der Waals surface area contributed by atoms with E-state index in [9.17, 15) is 0 Å². The molecule has 1 aliphatic carbocycles. The predicted octanol–water partition coefficient (Wildman–Crippen LogP) is 4.16. The van der Waals surface area contributed by atoms with Gasteiger partial charge in [0.2, 0.25) is 0 Å². The highest BCUT2D eigenvalue weighted by atomic mass is 35.5. The molecule has 1 aromatic heterocycles. The molecule has 0 spiro atoms. The standard InChI is InChI=1S/C14H15Cl2N3O/c15-10-5-4-9(8-11(10)16)12-18-13(19-20-12)14(17)6-2-1-3-7-14/h4-5,8H,1-3,6-7,17H2. The van der Waals surface area contributed by atoms with Crippen LogP contribution in [0.25, 0.3) is 11.5 Å². The van der Waals surface area contributed by atoms with Crippen LogP contribution in [-0.2, 0) is 5.54 Å². The Balaban J connectivity index is 1.91. The number of aromatic nitrogens is 2. The van der Waals surface area contributed by atoms with Crippen molar-refractivity contribution in [2.45, 2.75) is 37.6 Å². The molecule has 2 N–H and O–H groups in total. The maximum atomic E-state index is 6.39. The Morgan fingerprint density at radius 3 is 2.55 bits per heavy atom. The Labute approximate surface area is 127 Å². The zero-order chi connectivity index (χ0) is 14.2. The van der Waals surface area contributed by atoms with E-state index in [0.29, 0.717) is 21.8 Å². The molecule has 1 aromatic carbocycles. The first-order chi connectivity index (χ1) is 9.58. The first-order valence-electron chi connectivity index (χ1n) is 6.67. The predicted molar refractivity (Wildman–Crippen MR) is 78.7 cm³/mol. The van der Waals surface area contributed by atoms with Crippen LogP contribution in [0.2, 0.25) is 10.0 Å². The van der Waals surface area contributed by atoms with Crippen LogP contribution in [0, 0.1) is 0 Å². The fourth-order valence-corrected chi connectivity index (χ4v) is 2.88. The molecular formula is C14H15Cl2N3O. The van der Waals surface area contributed by atoms with Crippen LogP contribution in [0.5, 0.6) is 0 Å². The minimum Gasteiger partial charge on any atom is -0.334 e. The summed E-state index contributed by atoms with van der Waals surface area (Å²) in [5.74, 6) is 1.01. The van der Waals surface area contributed by atoms with Crippen LogP contribution in [0.3, 0.4) is 0 Å². The van der Waals surface area contributed by atoms with Gasteiger partial charge in [0.25, 0.3) is 5.89 Å². The lowest BCUT2D eigenvalue weighted by atomic mass is 9.82. The van der Waals surface area contributed by atoms with E-state index in [-0.39, 0.29) is 0 Å². The van der Waals surface area contributed by atoms with Crippen molar-refractivity contribution < 1.29 is 4.52 Å². The summed E-state index contributed by atoms with van der Waals surface area (Å²) in [6.45, 7) is 0. The third-order valence-electron chi connectivity index (χ3n) is 3.78. The van der Waals surface area contributed by atoms with E-state index in [4.69, 9.17) is 33.5 Å². The van der Waals surface area contributed by atoms with Crippen molar-refractivity contribution in [3.8, 4) is 11.5 Å². The van der Waals surface area contributed by atoms with Gasteiger partial charge in [-0.1, -0.05) is 47.6 Å². The third-order valence-corrected chi connectivity index (χ3v) is 4.52. The van der Waals surface area contributed by atoms with Gasteiger partial charge in [-0.25, -0.2) is 0 Å². The molecule has 0 amide bonds. The molecule has 4 nitrogen and oxygen atoms in total. The maximum absolute atomic E-state index is 6.39. The van der Waals surface area contributed by atoms with Gasteiger partial charge in [0.15, 0.2) is 5.82 Å². The van der Waals surface area contributed by atoms with E-state index in [1.165, 1.54) is 6.42 Å². The van der Waals surface area contributed by atoms with Crippen LogP contribution in [0.4, 0.5) is 0 Å². The monoisotopic (exact) mass is 311 g/mol. The molecule has 0 aliphatic heterocycles. The largest absolute Gasteiger partial charge is 0.334 e. The third kappa shape index (κ3) is 2.55. The minimum atomic E-state index is -0.462. The van der Waals surface area contributed by atoms with Crippen molar-refractivity contribution in [3.05, 3.63) is 34.1 Å². The molecule has 2 aromatic rings. The second-order valence-corrected chi connectivity index (χ2v) is 6.08. The number of hydrogen-bond acceptors (Lipinski definition) is 4. The molecular weight excluding hydrogens is 297 g/mol. The van der Waals surface area contributed by atoms with Crippen molar-refractivity contribution in [2.24, 2.45) is 5.73 Å². The Hall–Kier alpha value is -1.10. The summed E-state index contributed by atoms with van der Waals surface area (Å²) in [5.41, 5.74) is 6.68. The molecule has 6 heteroatoms. The number of hydrogen-bond donors (Lipinski definition) is 1. The molecule has 3 rings (SSSR count). The molecule has 0 saturated heterocycles. The Bertz CT molecular complexity index is 621. The van der Waals surface area contributed by atoms with E-state index >= 15 is 0 Å². The molecule has 1 heterocycles. The number of benzene rings is 1. The van der Waals surface area contributed by atoms with E-state index in [1.54, 1.807) is 18.2 Å². The van der Waals surface area contributed by atoms with E-state index < -0.39 is 5.54 Å². The molecule has 0 unspecified atom stereocenters. The highest BCUT2D eigenvalue weighted by Crippen LogP contribution is 2.34. The van der Waals surface area contributed by atoms with Gasteiger partial charge >= 0.3 is 0 Å². The average molecular weight is 312 g/mol. The van der Waals surface area contributed by atoms with Crippen LogP contribution < -0.4 is 5.73 Å². The van der Waals surface area contributed by atoms with E-state index in [2.05, 4.69) is 10.1 Å². The maximum Gasteiger partial charge on any atom is 0.258 e. The lowest BCUT2D eigenvalue weighted by molar-refractivity contribution is 0.275. The summed E-state index contributed by atoms with van der Waals surface area (Å²) in [4.78, 5) is 4.44. The average Bonchev–Trinajstić information content (AvgIpc) is 2.93. The summed E-state index contributed by atoms with van der Waals surface area (Å²) < 4.78 is 5.32. The zero-order valence-electron chi connectivity index (χ0n) is 10.9. The summed E-state index contributed by atoms with van der Waals surface area (Å²) in [7, 11) is 0. The highest BCUT2D eigenvalue weighted by Gasteiger charge is 2.34. The molecule has 1 saturated carbocycles. The minimum absolute atomic E-state index is 0.425. The Morgan fingerprint density at radius 2 is 1.85 bits per heavy atom. The molecule has 106 valence electrons. The van der Waals surface area contributed by atoms with Gasteiger partial charge in [0.05, 0.1) is 15.6 Å². The number of nitrogens with two attached hydrogens (primary N) is 1. The molecule has 0 bridgehead atoms. The first-order valence-corrected chi connectivity index (χ1v) is 7.43. The van der Waals surface area contributed by atoms with Crippen LogP contribution >= 0.6 is 23.2 Å². The highest BCUT2D eigenvalue weighted by molar-refractivity contribution is 6.42. The molecule has 1 fully saturated rings. The van der Waals surface area contributed by atoms with Gasteiger partial charge in [-0.2, -0.15) is 4.98 Å². The zero-order valence-corrected chi connectivity index (χ0v) is 12.4. The Morgan fingerprint density at radius 1 is 1.10 bits per heavy atom. The number of nitrogens with zero attached hydrogens (tertiary/aromatic N) is 2. The van der Waals surface area contributed by atoms with Gasteiger partial charge in [-0.15, -0.1) is 0 Å². The topological polar surface area (TPSA) is 64.9 Å². The quantitative estimate of drug-likeness (QED) is 0.904. The fraction of sp³-hybridized carbons (Fsp3) is 0.429. The van der Waals surface area contributed by atoms with Crippen LogP contribution in [0.15, 0.2) is 22.7 Å². The second-order valence-electron chi connectivity index (χ2n) is 5.27. The number of halogens is 2. The SMILES string of the molecule is NC1(c2noc(-c3ccc(Cl)c(Cl)c3)n2)CCCCC1. The van der Waals surface area contributed by atoms with Gasteiger partial charge in [-0.05, 0) is 31.0 Å². The lowest BCUT2D eigenvalue weighted by Gasteiger charge is -2.29. The summed E-state index contributed by atoms with van der Waals surface area (Å²) in [6.07, 6.45) is 5.22. The molecule has 1 aliphatic rings. The van der Waals surface area contributed by atoms with Gasteiger partial charge in [-0.3, -0.25) is 0 Å². The normalized spacial score (nSPS) is 18.1. The van der Waals surface area contributed by atoms with Gasteiger partial charge in [0.1, 0.15) is 0 Å². The van der Waals surface area contributed by atoms with Crippen molar-refractivity contribution in [1.29, 1.82) is 0 Å². The molecule has 0 atom stereocenters. The van der Waals surface area contributed by atoms with Gasteiger partial charge in [0, 0.05) is 5.56 Å². The van der Waals surface area contributed by atoms with Crippen molar-refractivity contribution >= 4 is 23.2 Å². The van der Waals surface area contributed by atoms with Crippen LogP contribution in [-0.4, -0.2) is 10.1 Å². The van der Waals surface area contributed by atoms with Crippen molar-refractivity contribution in [2.75, 3.05) is 0 Å². The second kappa shape index (κ2) is 5.35. The van der Waals surface area contributed by atoms with E-state index in [1.807, 2.05) is 0 Å². The summed E-state index contributed by atoms with van der Waals surface area (Å²) in [6, 6.07) is 5.22. The van der Waals surface area contributed by atoms with Crippen LogP contribution in [0.1, 0.15) is 37.9 Å². The first kappa shape index (κ1) is 13.9. The van der Waals surface area contributed by atoms with Crippen molar-refractivity contribution in [1.82, 2.24) is 10.1 Å². The summed E-state index contributed by atoms with van der Waals surface area (Å²) >= 11 is 11.9. The molecule has 0 radical (unpaired) electrons. The fourth-order valence-electron chi connectivity index (χ4n) is 2.58. The van der Waals surface area contributed by atoms with Crippen molar-refractivity contribution in [3.63, 3.8) is 0 Å².